The molecule has 1 aliphatic rings. The van der Waals surface area contributed by atoms with Crippen molar-refractivity contribution in [2.24, 2.45) is 7.05 Å². The average molecular weight is 361 g/mol. The van der Waals surface area contributed by atoms with Gasteiger partial charge in [-0.15, -0.1) is 0 Å². The average Bonchev–Trinajstić information content (AvgIpc) is 2.82. The Bertz CT molecular complexity index is 765. The Kier molecular flexibility index (Phi) is 5.34. The van der Waals surface area contributed by atoms with Crippen LogP contribution in [0, 0.1) is 19.7 Å². The molecule has 0 aliphatic carbocycles. The number of hydrogen-bond acceptors (Lipinski definition) is 3. The van der Waals surface area contributed by atoms with E-state index in [0.717, 1.165) is 38.4 Å². The van der Waals surface area contributed by atoms with Crippen LogP contribution >= 0.6 is 12.2 Å². The monoisotopic (exact) mass is 361 g/mol. The van der Waals surface area contributed by atoms with Gasteiger partial charge in [0.1, 0.15) is 5.82 Å². The van der Waals surface area contributed by atoms with Crippen molar-refractivity contribution in [3.63, 3.8) is 0 Å². The van der Waals surface area contributed by atoms with Gasteiger partial charge in [0.2, 0.25) is 0 Å². The first-order valence-corrected chi connectivity index (χ1v) is 8.88. The van der Waals surface area contributed by atoms with Crippen LogP contribution in [0.5, 0.6) is 0 Å². The van der Waals surface area contributed by atoms with Crippen molar-refractivity contribution in [1.82, 2.24) is 19.6 Å². The summed E-state index contributed by atoms with van der Waals surface area (Å²) < 4.78 is 15.2. The molecule has 0 saturated carbocycles. The molecule has 1 aromatic heterocycles. The lowest BCUT2D eigenvalue weighted by Crippen LogP contribution is -2.49. The van der Waals surface area contributed by atoms with Crippen LogP contribution in [0.25, 0.3) is 0 Å². The fourth-order valence-corrected chi connectivity index (χ4v) is 3.45. The number of hydrogen-bond donors (Lipinski definition) is 1. The zero-order chi connectivity index (χ0) is 18.0. The molecule has 0 unspecified atom stereocenters. The third kappa shape index (κ3) is 4.16. The van der Waals surface area contributed by atoms with Crippen molar-refractivity contribution in [1.29, 1.82) is 0 Å². The van der Waals surface area contributed by atoms with Crippen LogP contribution in [0.15, 0.2) is 24.3 Å². The number of anilines is 1. The second kappa shape index (κ2) is 7.49. The molecule has 1 N–H and O–H groups in total. The predicted octanol–water partition coefficient (Wildman–Crippen LogP) is 2.69. The van der Waals surface area contributed by atoms with E-state index in [2.05, 4.69) is 34.1 Å². The third-order valence-corrected chi connectivity index (χ3v) is 5.14. The molecule has 3 rings (SSSR count). The fourth-order valence-electron chi connectivity index (χ4n) is 3.15. The minimum Gasteiger partial charge on any atom is -0.346 e. The van der Waals surface area contributed by atoms with Crippen LogP contribution in [-0.4, -0.2) is 50.9 Å². The number of aryl methyl sites for hydroxylation is 2. The van der Waals surface area contributed by atoms with E-state index in [-0.39, 0.29) is 5.82 Å². The van der Waals surface area contributed by atoms with Gasteiger partial charge in [-0.25, -0.2) is 4.39 Å². The molecule has 1 fully saturated rings. The molecule has 1 aliphatic heterocycles. The van der Waals surface area contributed by atoms with Gasteiger partial charge in [-0.05, 0) is 44.3 Å². The summed E-state index contributed by atoms with van der Waals surface area (Å²) in [5.41, 5.74) is 4.33. The van der Waals surface area contributed by atoms with E-state index in [1.54, 1.807) is 6.07 Å². The van der Waals surface area contributed by atoms with Crippen LogP contribution in [-0.2, 0) is 13.6 Å². The predicted molar refractivity (Wildman–Crippen MR) is 102 cm³/mol. The quantitative estimate of drug-likeness (QED) is 0.851. The van der Waals surface area contributed by atoms with E-state index in [1.807, 2.05) is 17.8 Å². The molecule has 7 heteroatoms. The Morgan fingerprint density at radius 3 is 2.56 bits per heavy atom. The number of halogens is 1. The lowest BCUT2D eigenvalue weighted by Gasteiger charge is -2.36. The molecule has 5 nitrogen and oxygen atoms in total. The van der Waals surface area contributed by atoms with E-state index in [0.29, 0.717) is 10.8 Å². The fraction of sp³-hybridized carbons (Fsp3) is 0.444. The van der Waals surface area contributed by atoms with Crippen LogP contribution in [0.3, 0.4) is 0 Å². The van der Waals surface area contributed by atoms with Gasteiger partial charge in [-0.3, -0.25) is 9.58 Å². The molecule has 0 bridgehead atoms. The molecule has 0 radical (unpaired) electrons. The standard InChI is InChI=1S/C18H24FN5S/c1-13-17(14(2)22(3)21-13)12-23-7-9-24(10-8-23)18(25)20-16-6-4-5-15(19)11-16/h4-6,11H,7-10,12H2,1-3H3,(H,20,25). The first-order chi connectivity index (χ1) is 11.9. The number of nitrogens with zero attached hydrogens (tertiary/aromatic N) is 4. The topological polar surface area (TPSA) is 36.3 Å². The lowest BCUT2D eigenvalue weighted by molar-refractivity contribution is 0.176. The third-order valence-electron chi connectivity index (χ3n) is 4.78. The highest BCUT2D eigenvalue weighted by molar-refractivity contribution is 7.80. The Morgan fingerprint density at radius 1 is 1.24 bits per heavy atom. The van der Waals surface area contributed by atoms with Crippen LogP contribution in [0.2, 0.25) is 0 Å². The van der Waals surface area contributed by atoms with Gasteiger partial charge in [-0.1, -0.05) is 6.07 Å². The zero-order valence-corrected chi connectivity index (χ0v) is 15.7. The molecule has 0 atom stereocenters. The maximum atomic E-state index is 13.3. The first-order valence-electron chi connectivity index (χ1n) is 8.47. The Morgan fingerprint density at radius 2 is 1.96 bits per heavy atom. The van der Waals surface area contributed by atoms with Gasteiger partial charge < -0.3 is 10.2 Å². The van der Waals surface area contributed by atoms with Crippen molar-refractivity contribution in [2.45, 2.75) is 20.4 Å². The summed E-state index contributed by atoms with van der Waals surface area (Å²) in [6, 6.07) is 6.38. The van der Waals surface area contributed by atoms with Gasteiger partial charge in [0.05, 0.1) is 5.69 Å². The number of thiocarbonyl (C=S) groups is 1. The van der Waals surface area contributed by atoms with Crippen LogP contribution < -0.4 is 5.32 Å². The van der Waals surface area contributed by atoms with E-state index in [1.165, 1.54) is 23.4 Å². The van der Waals surface area contributed by atoms with Gasteiger partial charge in [0.15, 0.2) is 5.11 Å². The number of rotatable bonds is 3. The highest BCUT2D eigenvalue weighted by Gasteiger charge is 2.21. The van der Waals surface area contributed by atoms with Crippen molar-refractivity contribution >= 4 is 23.0 Å². The van der Waals surface area contributed by atoms with E-state index in [4.69, 9.17) is 12.2 Å². The Labute approximate surface area is 153 Å². The lowest BCUT2D eigenvalue weighted by atomic mass is 10.1. The van der Waals surface area contributed by atoms with Crippen LogP contribution in [0.4, 0.5) is 10.1 Å². The minimum atomic E-state index is -0.264. The molecule has 1 aromatic carbocycles. The van der Waals surface area contributed by atoms with Crippen molar-refractivity contribution in [3.05, 3.63) is 47.0 Å². The summed E-state index contributed by atoms with van der Waals surface area (Å²) in [5.74, 6) is -0.264. The van der Waals surface area contributed by atoms with Crippen molar-refractivity contribution < 1.29 is 4.39 Å². The van der Waals surface area contributed by atoms with Gasteiger partial charge >= 0.3 is 0 Å². The summed E-state index contributed by atoms with van der Waals surface area (Å²) in [6.07, 6.45) is 0. The Balaban J connectivity index is 1.54. The molecular formula is C18H24FN5S. The summed E-state index contributed by atoms with van der Waals surface area (Å²) in [5, 5.41) is 8.27. The smallest absolute Gasteiger partial charge is 0.173 e. The molecule has 2 aromatic rings. The largest absolute Gasteiger partial charge is 0.346 e. The second-order valence-electron chi connectivity index (χ2n) is 6.48. The minimum absolute atomic E-state index is 0.264. The molecule has 2 heterocycles. The molecule has 25 heavy (non-hydrogen) atoms. The van der Waals surface area contributed by atoms with E-state index < -0.39 is 0 Å². The SMILES string of the molecule is Cc1nn(C)c(C)c1CN1CCN(C(=S)Nc2cccc(F)c2)CC1. The van der Waals surface area contributed by atoms with Gasteiger partial charge in [0, 0.05) is 56.7 Å². The number of aromatic nitrogens is 2. The number of nitrogens with one attached hydrogen (secondary N) is 1. The highest BCUT2D eigenvalue weighted by atomic mass is 32.1. The van der Waals surface area contributed by atoms with Gasteiger partial charge in [-0.2, -0.15) is 5.10 Å². The summed E-state index contributed by atoms with van der Waals surface area (Å²) in [4.78, 5) is 4.57. The summed E-state index contributed by atoms with van der Waals surface area (Å²) >= 11 is 5.47. The van der Waals surface area contributed by atoms with E-state index in [9.17, 15) is 4.39 Å². The zero-order valence-electron chi connectivity index (χ0n) is 14.9. The molecule has 0 spiro atoms. The first kappa shape index (κ1) is 17.8. The summed E-state index contributed by atoms with van der Waals surface area (Å²) in [7, 11) is 1.99. The van der Waals surface area contributed by atoms with Crippen molar-refractivity contribution in [2.75, 3.05) is 31.5 Å². The maximum Gasteiger partial charge on any atom is 0.173 e. The molecule has 0 amide bonds. The Hall–Kier alpha value is -1.99. The highest BCUT2D eigenvalue weighted by Crippen LogP contribution is 2.17. The number of piperazine rings is 1. The van der Waals surface area contributed by atoms with E-state index >= 15 is 0 Å². The molecule has 1 saturated heterocycles. The van der Waals surface area contributed by atoms with Crippen molar-refractivity contribution in [3.8, 4) is 0 Å². The molecule has 134 valence electrons. The van der Waals surface area contributed by atoms with Crippen LogP contribution in [0.1, 0.15) is 17.0 Å². The normalized spacial score (nSPS) is 15.4. The number of benzene rings is 1. The van der Waals surface area contributed by atoms with Gasteiger partial charge in [0.25, 0.3) is 0 Å². The second-order valence-corrected chi connectivity index (χ2v) is 6.86. The maximum absolute atomic E-state index is 13.3. The molecular weight excluding hydrogens is 337 g/mol. The summed E-state index contributed by atoms with van der Waals surface area (Å²) in [6.45, 7) is 8.71.